The summed E-state index contributed by atoms with van der Waals surface area (Å²) in [5, 5.41) is 0. The number of rotatable bonds is 5. The van der Waals surface area contributed by atoms with Gasteiger partial charge in [-0.2, -0.15) is 0 Å². The second kappa shape index (κ2) is 7.86. The second-order valence-corrected chi connectivity index (χ2v) is 6.11. The van der Waals surface area contributed by atoms with E-state index >= 15 is 0 Å². The summed E-state index contributed by atoms with van der Waals surface area (Å²) < 4.78 is 15.6. The summed E-state index contributed by atoms with van der Waals surface area (Å²) in [4.78, 5) is 28.3. The van der Waals surface area contributed by atoms with Crippen LogP contribution in [-0.4, -0.2) is 31.1 Å². The highest BCUT2D eigenvalue weighted by molar-refractivity contribution is 6.13. The SMILES string of the molecule is COC(=O)c1ccccc1/C=C1\N=C(c2ccc(OC(C)C)cc2)OC1=O. The third-order valence-corrected chi connectivity index (χ3v) is 3.75. The number of hydrogen-bond acceptors (Lipinski definition) is 6. The molecule has 6 nitrogen and oxygen atoms in total. The van der Waals surface area contributed by atoms with Gasteiger partial charge in [0, 0.05) is 5.56 Å². The number of cyclic esters (lactones) is 1. The topological polar surface area (TPSA) is 74.2 Å². The number of benzene rings is 2. The summed E-state index contributed by atoms with van der Waals surface area (Å²) in [6, 6.07) is 13.9. The van der Waals surface area contributed by atoms with E-state index in [1.54, 1.807) is 48.5 Å². The maximum Gasteiger partial charge on any atom is 0.363 e. The number of hydrogen-bond donors (Lipinski definition) is 0. The van der Waals surface area contributed by atoms with Gasteiger partial charge in [-0.05, 0) is 55.8 Å². The van der Waals surface area contributed by atoms with E-state index in [0.717, 1.165) is 5.75 Å². The lowest BCUT2D eigenvalue weighted by Gasteiger charge is -2.09. The summed E-state index contributed by atoms with van der Waals surface area (Å²) in [5.74, 6) is -0.134. The quantitative estimate of drug-likeness (QED) is 0.598. The smallest absolute Gasteiger partial charge is 0.363 e. The minimum absolute atomic E-state index is 0.0712. The molecule has 1 aliphatic rings. The summed E-state index contributed by atoms with van der Waals surface area (Å²) in [6.07, 6.45) is 1.58. The summed E-state index contributed by atoms with van der Waals surface area (Å²) >= 11 is 0. The molecule has 27 heavy (non-hydrogen) atoms. The van der Waals surface area contributed by atoms with Crippen LogP contribution in [0.25, 0.3) is 6.08 Å². The Morgan fingerprint density at radius 1 is 1.11 bits per heavy atom. The Hall–Kier alpha value is -3.41. The highest BCUT2D eigenvalue weighted by Crippen LogP contribution is 2.22. The van der Waals surface area contributed by atoms with Gasteiger partial charge < -0.3 is 14.2 Å². The van der Waals surface area contributed by atoms with Crippen LogP contribution in [0.5, 0.6) is 5.75 Å². The van der Waals surface area contributed by atoms with Crippen molar-refractivity contribution in [3.05, 3.63) is 70.9 Å². The number of methoxy groups -OCH3 is 1. The first-order chi connectivity index (χ1) is 13.0. The van der Waals surface area contributed by atoms with Crippen LogP contribution in [0, 0.1) is 0 Å². The van der Waals surface area contributed by atoms with E-state index in [0.29, 0.717) is 16.7 Å². The summed E-state index contributed by atoms with van der Waals surface area (Å²) in [7, 11) is 1.30. The molecule has 0 radical (unpaired) electrons. The first-order valence-corrected chi connectivity index (χ1v) is 8.45. The molecule has 0 unspecified atom stereocenters. The number of esters is 2. The van der Waals surface area contributed by atoms with Crippen molar-refractivity contribution in [1.29, 1.82) is 0 Å². The largest absolute Gasteiger partial charge is 0.491 e. The van der Waals surface area contributed by atoms with Crippen LogP contribution in [0.4, 0.5) is 0 Å². The van der Waals surface area contributed by atoms with Crippen molar-refractivity contribution in [3.63, 3.8) is 0 Å². The predicted octanol–water partition coefficient (Wildman–Crippen LogP) is 3.60. The minimum Gasteiger partial charge on any atom is -0.491 e. The van der Waals surface area contributed by atoms with Gasteiger partial charge in [-0.1, -0.05) is 18.2 Å². The van der Waals surface area contributed by atoms with E-state index in [1.165, 1.54) is 13.2 Å². The number of aliphatic imine (C=N–C) groups is 1. The highest BCUT2D eigenvalue weighted by atomic mass is 16.6. The molecule has 0 aromatic heterocycles. The van der Waals surface area contributed by atoms with Crippen molar-refractivity contribution in [2.75, 3.05) is 7.11 Å². The molecule has 2 aromatic carbocycles. The Labute approximate surface area is 157 Å². The van der Waals surface area contributed by atoms with E-state index in [1.807, 2.05) is 13.8 Å². The second-order valence-electron chi connectivity index (χ2n) is 6.11. The molecule has 2 aromatic rings. The van der Waals surface area contributed by atoms with Gasteiger partial charge in [0.1, 0.15) is 5.75 Å². The summed E-state index contributed by atoms with van der Waals surface area (Å²) in [6.45, 7) is 3.89. The van der Waals surface area contributed by atoms with Gasteiger partial charge in [-0.15, -0.1) is 0 Å². The first kappa shape index (κ1) is 18.4. The molecule has 0 N–H and O–H groups in total. The zero-order valence-electron chi connectivity index (χ0n) is 15.3. The average Bonchev–Trinajstić information content (AvgIpc) is 3.02. The highest BCUT2D eigenvalue weighted by Gasteiger charge is 2.25. The van der Waals surface area contributed by atoms with Crippen molar-refractivity contribution in [2.45, 2.75) is 20.0 Å². The van der Waals surface area contributed by atoms with E-state index in [2.05, 4.69) is 4.99 Å². The van der Waals surface area contributed by atoms with Crippen molar-refractivity contribution >= 4 is 23.9 Å². The third-order valence-electron chi connectivity index (χ3n) is 3.75. The van der Waals surface area contributed by atoms with Gasteiger partial charge in [-0.25, -0.2) is 14.6 Å². The third kappa shape index (κ3) is 4.23. The minimum atomic E-state index is -0.577. The van der Waals surface area contributed by atoms with Crippen LogP contribution in [-0.2, 0) is 14.3 Å². The molecular weight excluding hydrogens is 346 g/mol. The van der Waals surface area contributed by atoms with Crippen LogP contribution in [0.3, 0.4) is 0 Å². The van der Waals surface area contributed by atoms with Crippen molar-refractivity contribution < 1.29 is 23.8 Å². The predicted molar refractivity (Wildman–Crippen MR) is 101 cm³/mol. The number of ether oxygens (including phenoxy) is 3. The molecule has 1 aliphatic heterocycles. The molecule has 1 heterocycles. The molecule has 0 spiro atoms. The van der Waals surface area contributed by atoms with Crippen LogP contribution in [0.1, 0.15) is 35.3 Å². The Morgan fingerprint density at radius 3 is 2.48 bits per heavy atom. The maximum atomic E-state index is 12.2. The van der Waals surface area contributed by atoms with Crippen LogP contribution in [0.15, 0.2) is 59.2 Å². The fourth-order valence-electron chi connectivity index (χ4n) is 2.55. The Bertz CT molecular complexity index is 926. The van der Waals surface area contributed by atoms with Gasteiger partial charge in [0.2, 0.25) is 5.90 Å². The van der Waals surface area contributed by atoms with E-state index in [9.17, 15) is 9.59 Å². The Balaban J connectivity index is 1.89. The zero-order valence-corrected chi connectivity index (χ0v) is 15.3. The molecule has 3 rings (SSSR count). The molecule has 0 saturated carbocycles. The van der Waals surface area contributed by atoms with Crippen LogP contribution >= 0.6 is 0 Å². The molecule has 0 saturated heterocycles. The molecule has 6 heteroatoms. The van der Waals surface area contributed by atoms with Gasteiger partial charge >= 0.3 is 11.9 Å². The molecule has 0 atom stereocenters. The van der Waals surface area contributed by atoms with Gasteiger partial charge in [0.15, 0.2) is 5.70 Å². The van der Waals surface area contributed by atoms with E-state index in [-0.39, 0.29) is 17.7 Å². The average molecular weight is 365 g/mol. The summed E-state index contributed by atoms with van der Waals surface area (Å²) in [5.41, 5.74) is 1.65. The van der Waals surface area contributed by atoms with Crippen molar-refractivity contribution in [1.82, 2.24) is 0 Å². The van der Waals surface area contributed by atoms with Gasteiger partial charge in [0.05, 0.1) is 18.8 Å². The molecule has 0 aliphatic carbocycles. The lowest BCUT2D eigenvalue weighted by atomic mass is 10.1. The normalized spacial score (nSPS) is 14.9. The lowest BCUT2D eigenvalue weighted by Crippen LogP contribution is -2.07. The molecule has 0 fully saturated rings. The fraction of sp³-hybridized carbons (Fsp3) is 0.190. The van der Waals surface area contributed by atoms with E-state index in [4.69, 9.17) is 14.2 Å². The molecular formula is C21H19NO5. The Morgan fingerprint density at radius 2 is 1.81 bits per heavy atom. The number of nitrogens with zero attached hydrogens (tertiary/aromatic N) is 1. The fourth-order valence-corrected chi connectivity index (χ4v) is 2.55. The molecule has 0 bridgehead atoms. The van der Waals surface area contributed by atoms with Crippen molar-refractivity contribution in [3.8, 4) is 5.75 Å². The number of carbonyl (C=O) groups excluding carboxylic acids is 2. The standard InChI is InChI=1S/C21H19NO5/c1-13(2)26-16-10-8-14(9-11-16)19-22-18(21(24)27-19)12-15-6-4-5-7-17(15)20(23)25-3/h4-13H,1-3H3/b18-12-. The van der Waals surface area contributed by atoms with Gasteiger partial charge in [0.25, 0.3) is 0 Å². The molecule has 0 amide bonds. The first-order valence-electron chi connectivity index (χ1n) is 8.45. The van der Waals surface area contributed by atoms with Gasteiger partial charge in [-0.3, -0.25) is 0 Å². The van der Waals surface area contributed by atoms with E-state index < -0.39 is 11.9 Å². The molecule has 138 valence electrons. The van der Waals surface area contributed by atoms with Crippen molar-refractivity contribution in [2.24, 2.45) is 4.99 Å². The Kier molecular flexibility index (Phi) is 5.35. The maximum absolute atomic E-state index is 12.2. The van der Waals surface area contributed by atoms with Crippen LogP contribution < -0.4 is 4.74 Å². The zero-order chi connectivity index (χ0) is 19.4. The number of carbonyl (C=O) groups is 2. The lowest BCUT2D eigenvalue weighted by molar-refractivity contribution is -0.129. The monoisotopic (exact) mass is 365 g/mol. The van der Waals surface area contributed by atoms with Crippen LogP contribution in [0.2, 0.25) is 0 Å².